The molecule has 2 heterocycles. The average molecular weight is 307 g/mol. The van der Waals surface area contributed by atoms with Crippen LogP contribution in [0.1, 0.15) is 19.4 Å². The first-order valence-corrected chi connectivity index (χ1v) is 7.93. The fourth-order valence-electron chi connectivity index (χ4n) is 1.91. The summed E-state index contributed by atoms with van der Waals surface area (Å²) in [6, 6.07) is 2.12. The van der Waals surface area contributed by atoms with Crippen LogP contribution < -0.4 is 21.5 Å². The van der Waals surface area contributed by atoms with E-state index in [9.17, 15) is 0 Å². The lowest BCUT2D eigenvalue weighted by atomic mass is 10.2. The van der Waals surface area contributed by atoms with Crippen molar-refractivity contribution in [3.05, 3.63) is 22.4 Å². The van der Waals surface area contributed by atoms with Gasteiger partial charge in [0.05, 0.1) is 0 Å². The summed E-state index contributed by atoms with van der Waals surface area (Å²) < 4.78 is 0. The van der Waals surface area contributed by atoms with Crippen molar-refractivity contribution in [2.24, 2.45) is 5.84 Å². The van der Waals surface area contributed by atoms with Crippen molar-refractivity contribution in [3.63, 3.8) is 0 Å². The van der Waals surface area contributed by atoms with Crippen LogP contribution in [0.25, 0.3) is 0 Å². The van der Waals surface area contributed by atoms with Gasteiger partial charge in [0, 0.05) is 19.6 Å². The number of nitrogens with one attached hydrogen (secondary N) is 2. The van der Waals surface area contributed by atoms with Crippen LogP contribution in [-0.4, -0.2) is 34.6 Å². The molecule has 0 aromatic carbocycles. The second-order valence-electron chi connectivity index (χ2n) is 4.41. The smallest absolute Gasteiger partial charge is 0.243 e. The number of nitrogens with two attached hydrogens (primary N) is 1. The molecular weight excluding hydrogens is 286 g/mol. The third-order valence-corrected chi connectivity index (χ3v) is 3.81. The molecule has 2 aromatic heterocycles. The Morgan fingerprint density at radius 1 is 1.19 bits per heavy atom. The van der Waals surface area contributed by atoms with Crippen LogP contribution in [0.5, 0.6) is 0 Å². The molecule has 0 aliphatic heterocycles. The molecule has 114 valence electrons. The molecule has 21 heavy (non-hydrogen) atoms. The lowest BCUT2D eigenvalue weighted by Crippen LogP contribution is -2.26. The van der Waals surface area contributed by atoms with Crippen molar-refractivity contribution in [2.45, 2.75) is 20.3 Å². The molecule has 4 N–H and O–H groups in total. The van der Waals surface area contributed by atoms with Crippen LogP contribution in [-0.2, 0) is 6.42 Å². The molecule has 0 aliphatic carbocycles. The van der Waals surface area contributed by atoms with E-state index in [0.717, 1.165) is 26.1 Å². The minimum absolute atomic E-state index is 0.366. The Morgan fingerprint density at radius 3 is 2.57 bits per heavy atom. The maximum absolute atomic E-state index is 5.43. The van der Waals surface area contributed by atoms with Gasteiger partial charge in [0.1, 0.15) is 0 Å². The minimum atomic E-state index is 0.366. The SMILES string of the molecule is CCN(CC)c1nc(NN)nc(NCCc2ccsc2)n1. The monoisotopic (exact) mass is 307 g/mol. The highest BCUT2D eigenvalue weighted by molar-refractivity contribution is 7.07. The molecule has 0 fully saturated rings. The molecule has 0 atom stereocenters. The van der Waals surface area contributed by atoms with Gasteiger partial charge in [-0.2, -0.15) is 26.3 Å². The predicted octanol–water partition coefficient (Wildman–Crippen LogP) is 1.72. The lowest BCUT2D eigenvalue weighted by molar-refractivity contribution is 0.811. The van der Waals surface area contributed by atoms with Crippen molar-refractivity contribution in [1.82, 2.24) is 15.0 Å². The third-order valence-electron chi connectivity index (χ3n) is 3.08. The standard InChI is InChI=1S/C13H21N7S/c1-3-20(4-2)13-17-11(16-12(18-13)19-14)15-7-5-10-6-8-21-9-10/h6,8-9H,3-5,7,14H2,1-2H3,(H2,15,16,17,18,19). The molecule has 0 spiro atoms. The largest absolute Gasteiger partial charge is 0.354 e. The van der Waals surface area contributed by atoms with E-state index < -0.39 is 0 Å². The van der Waals surface area contributed by atoms with Crippen molar-refractivity contribution >= 4 is 29.2 Å². The Labute approximate surface area is 128 Å². The zero-order chi connectivity index (χ0) is 15.1. The Kier molecular flexibility index (Phi) is 5.70. The molecule has 0 bridgehead atoms. The molecule has 0 aliphatic rings. The molecule has 2 aromatic rings. The first-order chi connectivity index (χ1) is 10.3. The van der Waals surface area contributed by atoms with Crippen molar-refractivity contribution in [2.75, 3.05) is 35.3 Å². The number of hydrogen-bond acceptors (Lipinski definition) is 8. The summed E-state index contributed by atoms with van der Waals surface area (Å²) in [5, 5.41) is 7.44. The van der Waals surface area contributed by atoms with Gasteiger partial charge in [0.15, 0.2) is 0 Å². The van der Waals surface area contributed by atoms with Gasteiger partial charge >= 0.3 is 0 Å². The molecule has 2 rings (SSSR count). The minimum Gasteiger partial charge on any atom is -0.354 e. The van der Waals surface area contributed by atoms with E-state index in [0.29, 0.717) is 17.8 Å². The van der Waals surface area contributed by atoms with Gasteiger partial charge in [0.2, 0.25) is 17.8 Å². The summed E-state index contributed by atoms with van der Waals surface area (Å²) in [7, 11) is 0. The summed E-state index contributed by atoms with van der Waals surface area (Å²) in [6.07, 6.45) is 0.932. The van der Waals surface area contributed by atoms with Crippen molar-refractivity contribution in [3.8, 4) is 0 Å². The second kappa shape index (κ2) is 7.75. The van der Waals surface area contributed by atoms with E-state index in [-0.39, 0.29) is 0 Å². The van der Waals surface area contributed by atoms with Crippen LogP contribution in [0.3, 0.4) is 0 Å². The Morgan fingerprint density at radius 2 is 1.95 bits per heavy atom. The Hall–Kier alpha value is -1.93. The molecule has 0 saturated carbocycles. The highest BCUT2D eigenvalue weighted by atomic mass is 32.1. The number of rotatable bonds is 8. The third kappa shape index (κ3) is 4.27. The van der Waals surface area contributed by atoms with E-state index >= 15 is 0 Å². The predicted molar refractivity (Wildman–Crippen MR) is 87.7 cm³/mol. The molecule has 8 heteroatoms. The summed E-state index contributed by atoms with van der Waals surface area (Å²) in [4.78, 5) is 15.0. The number of anilines is 3. The number of nitrogen functional groups attached to an aromatic ring is 1. The van der Waals surface area contributed by atoms with Gasteiger partial charge in [-0.05, 0) is 42.7 Å². The van der Waals surface area contributed by atoms with Crippen LogP contribution in [0.4, 0.5) is 17.8 Å². The molecule has 0 amide bonds. The lowest BCUT2D eigenvalue weighted by Gasteiger charge is -2.19. The van der Waals surface area contributed by atoms with Gasteiger partial charge in [-0.25, -0.2) is 5.84 Å². The number of thiophene rings is 1. The van der Waals surface area contributed by atoms with Gasteiger partial charge in [-0.1, -0.05) is 0 Å². The van der Waals surface area contributed by atoms with Crippen molar-refractivity contribution < 1.29 is 0 Å². The maximum atomic E-state index is 5.43. The number of hydrazine groups is 1. The van der Waals surface area contributed by atoms with Gasteiger partial charge in [0.25, 0.3) is 0 Å². The molecule has 0 saturated heterocycles. The van der Waals surface area contributed by atoms with Gasteiger partial charge < -0.3 is 10.2 Å². The molecule has 0 radical (unpaired) electrons. The Balaban J connectivity index is 2.05. The van der Waals surface area contributed by atoms with E-state index in [1.165, 1.54) is 5.56 Å². The number of hydrogen-bond donors (Lipinski definition) is 3. The maximum Gasteiger partial charge on any atom is 0.243 e. The van der Waals surface area contributed by atoms with Gasteiger partial charge in [-0.3, -0.25) is 5.43 Å². The van der Waals surface area contributed by atoms with Crippen LogP contribution in [0.2, 0.25) is 0 Å². The zero-order valence-corrected chi connectivity index (χ0v) is 13.2. The van der Waals surface area contributed by atoms with E-state index in [1.807, 2.05) is 4.90 Å². The fourth-order valence-corrected chi connectivity index (χ4v) is 2.61. The summed E-state index contributed by atoms with van der Waals surface area (Å²) >= 11 is 1.70. The molecular formula is C13H21N7S. The van der Waals surface area contributed by atoms with Crippen molar-refractivity contribution in [1.29, 1.82) is 0 Å². The van der Waals surface area contributed by atoms with E-state index in [1.54, 1.807) is 11.3 Å². The van der Waals surface area contributed by atoms with Gasteiger partial charge in [-0.15, -0.1) is 0 Å². The van der Waals surface area contributed by atoms with Crippen LogP contribution in [0, 0.1) is 0 Å². The summed E-state index contributed by atoms with van der Waals surface area (Å²) in [5.74, 6) is 6.96. The van der Waals surface area contributed by atoms with Crippen LogP contribution >= 0.6 is 11.3 Å². The average Bonchev–Trinajstić information content (AvgIpc) is 3.01. The fraction of sp³-hybridized carbons (Fsp3) is 0.462. The topological polar surface area (TPSA) is 92.0 Å². The number of aromatic nitrogens is 3. The highest BCUT2D eigenvalue weighted by Gasteiger charge is 2.10. The molecule has 0 unspecified atom stereocenters. The first kappa shape index (κ1) is 15.5. The Bertz CT molecular complexity index is 539. The normalized spacial score (nSPS) is 10.4. The van der Waals surface area contributed by atoms with E-state index in [4.69, 9.17) is 5.84 Å². The molecule has 7 nitrogen and oxygen atoms in total. The van der Waals surface area contributed by atoms with E-state index in [2.05, 4.69) is 56.4 Å². The van der Waals surface area contributed by atoms with Crippen LogP contribution in [0.15, 0.2) is 16.8 Å². The summed E-state index contributed by atoms with van der Waals surface area (Å²) in [5.41, 5.74) is 3.80. The highest BCUT2D eigenvalue weighted by Crippen LogP contribution is 2.13. The quantitative estimate of drug-likeness (QED) is 0.505. The number of nitrogens with zero attached hydrogens (tertiary/aromatic N) is 4. The second-order valence-corrected chi connectivity index (χ2v) is 5.19. The first-order valence-electron chi connectivity index (χ1n) is 6.99. The zero-order valence-electron chi connectivity index (χ0n) is 12.3. The summed E-state index contributed by atoms with van der Waals surface area (Å²) in [6.45, 7) is 6.55.